The van der Waals surface area contributed by atoms with Crippen LogP contribution in [0.2, 0.25) is 0 Å². The van der Waals surface area contributed by atoms with Crippen LogP contribution in [-0.4, -0.2) is 24.2 Å². The number of aliphatic carboxylic acids is 1. The van der Waals surface area contributed by atoms with Gasteiger partial charge in [0, 0.05) is 13.1 Å². The summed E-state index contributed by atoms with van der Waals surface area (Å²) < 4.78 is 0. The molecule has 1 heterocycles. The van der Waals surface area contributed by atoms with E-state index in [1.165, 1.54) is 11.1 Å². The highest BCUT2D eigenvalue weighted by Crippen LogP contribution is 2.33. The summed E-state index contributed by atoms with van der Waals surface area (Å²) in [4.78, 5) is 10.6. The molecule has 0 saturated carbocycles. The summed E-state index contributed by atoms with van der Waals surface area (Å²) in [6.07, 6.45) is 1.55. The van der Waals surface area contributed by atoms with Crippen LogP contribution in [0.4, 0.5) is 0 Å². The zero-order valence-corrected chi connectivity index (χ0v) is 6.26. The van der Waals surface area contributed by atoms with Crippen molar-refractivity contribution >= 4 is 5.97 Å². The van der Waals surface area contributed by atoms with Gasteiger partial charge in [0.25, 0.3) is 0 Å². The predicted molar refractivity (Wildman–Crippen MR) is 40.3 cm³/mol. The minimum atomic E-state index is -0.639. The second kappa shape index (κ2) is 2.34. The first-order chi connectivity index (χ1) is 5.27. The Balaban J connectivity index is 2.06. The number of carboxylic acid groups (broad SMARTS) is 1. The largest absolute Gasteiger partial charge is 0.481 e. The van der Waals surface area contributed by atoms with Gasteiger partial charge in [-0.2, -0.15) is 0 Å². The SMILES string of the molecule is O=C(O)C1CC2=C(CNC2)C1. The molecule has 1 aliphatic heterocycles. The van der Waals surface area contributed by atoms with Crippen LogP contribution in [-0.2, 0) is 4.79 Å². The first-order valence-electron chi connectivity index (χ1n) is 3.90. The fraction of sp³-hybridized carbons (Fsp3) is 0.625. The highest BCUT2D eigenvalue weighted by molar-refractivity contribution is 5.72. The van der Waals surface area contributed by atoms with Crippen LogP contribution in [0.3, 0.4) is 0 Å². The van der Waals surface area contributed by atoms with Gasteiger partial charge in [0.15, 0.2) is 0 Å². The third-order valence-corrected chi connectivity index (χ3v) is 2.51. The zero-order chi connectivity index (χ0) is 7.84. The number of hydrogen-bond acceptors (Lipinski definition) is 2. The summed E-state index contributed by atoms with van der Waals surface area (Å²) in [5, 5.41) is 11.9. The molecule has 0 fully saturated rings. The summed E-state index contributed by atoms with van der Waals surface area (Å²) in [6.45, 7) is 1.83. The molecule has 1 aliphatic carbocycles. The lowest BCUT2D eigenvalue weighted by Gasteiger charge is -2.05. The van der Waals surface area contributed by atoms with E-state index < -0.39 is 5.97 Å². The van der Waals surface area contributed by atoms with Gasteiger partial charge in [-0.25, -0.2) is 0 Å². The van der Waals surface area contributed by atoms with Crippen LogP contribution >= 0.6 is 0 Å². The fourth-order valence-corrected chi connectivity index (χ4v) is 1.89. The predicted octanol–water partition coefficient (Wildman–Crippen LogP) is 0.381. The van der Waals surface area contributed by atoms with Crippen molar-refractivity contribution in [1.29, 1.82) is 0 Å². The average Bonchev–Trinajstić information content (AvgIpc) is 2.40. The molecule has 2 N–H and O–H groups in total. The van der Waals surface area contributed by atoms with Crippen molar-refractivity contribution in [2.24, 2.45) is 5.92 Å². The van der Waals surface area contributed by atoms with Gasteiger partial charge in [-0.1, -0.05) is 11.1 Å². The van der Waals surface area contributed by atoms with E-state index in [1.807, 2.05) is 0 Å². The van der Waals surface area contributed by atoms with Crippen LogP contribution in [0.25, 0.3) is 0 Å². The summed E-state index contributed by atoms with van der Waals surface area (Å²) in [7, 11) is 0. The number of hydrogen-bond donors (Lipinski definition) is 2. The Hall–Kier alpha value is -0.830. The van der Waals surface area contributed by atoms with Gasteiger partial charge < -0.3 is 10.4 Å². The Kier molecular flexibility index (Phi) is 1.46. The van der Waals surface area contributed by atoms with Crippen molar-refractivity contribution < 1.29 is 9.90 Å². The van der Waals surface area contributed by atoms with E-state index in [-0.39, 0.29) is 5.92 Å². The second-order valence-corrected chi connectivity index (χ2v) is 3.25. The average molecular weight is 153 g/mol. The van der Waals surface area contributed by atoms with Crippen LogP contribution in [0.5, 0.6) is 0 Å². The quantitative estimate of drug-likeness (QED) is 0.535. The monoisotopic (exact) mass is 153 g/mol. The molecule has 0 spiro atoms. The Bertz CT molecular complexity index is 216. The molecular weight excluding hydrogens is 142 g/mol. The lowest BCUT2D eigenvalue weighted by Crippen LogP contribution is -2.17. The Morgan fingerprint density at radius 2 is 1.91 bits per heavy atom. The van der Waals surface area contributed by atoms with E-state index in [0.717, 1.165) is 25.9 Å². The molecule has 0 saturated heterocycles. The van der Waals surface area contributed by atoms with E-state index in [0.29, 0.717) is 0 Å². The van der Waals surface area contributed by atoms with Crippen molar-refractivity contribution in [3.63, 3.8) is 0 Å². The van der Waals surface area contributed by atoms with Crippen molar-refractivity contribution in [2.45, 2.75) is 12.8 Å². The minimum Gasteiger partial charge on any atom is -0.481 e. The van der Waals surface area contributed by atoms with Gasteiger partial charge in [0.2, 0.25) is 0 Å². The molecule has 3 heteroatoms. The molecule has 11 heavy (non-hydrogen) atoms. The van der Waals surface area contributed by atoms with E-state index in [9.17, 15) is 4.79 Å². The molecule has 2 rings (SSSR count). The topological polar surface area (TPSA) is 49.3 Å². The third-order valence-electron chi connectivity index (χ3n) is 2.51. The molecule has 0 aromatic heterocycles. The van der Waals surface area contributed by atoms with Crippen LogP contribution < -0.4 is 5.32 Å². The van der Waals surface area contributed by atoms with Crippen molar-refractivity contribution in [2.75, 3.05) is 13.1 Å². The molecule has 0 atom stereocenters. The first kappa shape index (κ1) is 6.85. The van der Waals surface area contributed by atoms with Gasteiger partial charge in [-0.05, 0) is 12.8 Å². The van der Waals surface area contributed by atoms with Gasteiger partial charge in [-0.3, -0.25) is 4.79 Å². The summed E-state index contributed by atoms with van der Waals surface area (Å²) in [6, 6.07) is 0. The number of carboxylic acids is 1. The van der Waals surface area contributed by atoms with E-state index >= 15 is 0 Å². The molecule has 0 bridgehead atoms. The molecule has 0 amide bonds. The molecule has 0 aromatic rings. The van der Waals surface area contributed by atoms with E-state index in [2.05, 4.69) is 5.32 Å². The number of carbonyl (C=O) groups is 1. The smallest absolute Gasteiger partial charge is 0.307 e. The molecule has 2 aliphatic rings. The molecule has 60 valence electrons. The maximum atomic E-state index is 10.6. The molecule has 0 unspecified atom stereocenters. The third kappa shape index (κ3) is 1.05. The zero-order valence-electron chi connectivity index (χ0n) is 6.26. The summed E-state index contributed by atoms with van der Waals surface area (Å²) >= 11 is 0. The normalized spacial score (nSPS) is 24.4. The highest BCUT2D eigenvalue weighted by atomic mass is 16.4. The molecular formula is C8H11NO2. The van der Waals surface area contributed by atoms with Gasteiger partial charge in [-0.15, -0.1) is 0 Å². The standard InChI is InChI=1S/C8H11NO2/c10-8(11)5-1-6-3-9-4-7(6)2-5/h5,9H,1-4H2,(H,10,11). The van der Waals surface area contributed by atoms with Crippen LogP contribution in [0.15, 0.2) is 11.1 Å². The first-order valence-corrected chi connectivity index (χ1v) is 3.90. The van der Waals surface area contributed by atoms with Gasteiger partial charge in [0.1, 0.15) is 0 Å². The highest BCUT2D eigenvalue weighted by Gasteiger charge is 2.30. The molecule has 0 aromatic carbocycles. The number of rotatable bonds is 1. The van der Waals surface area contributed by atoms with Crippen molar-refractivity contribution in [1.82, 2.24) is 5.32 Å². The lowest BCUT2D eigenvalue weighted by atomic mass is 10.1. The van der Waals surface area contributed by atoms with Gasteiger partial charge in [0.05, 0.1) is 5.92 Å². The Labute approximate surface area is 65.1 Å². The molecule has 0 radical (unpaired) electrons. The molecule has 3 nitrogen and oxygen atoms in total. The van der Waals surface area contributed by atoms with Gasteiger partial charge >= 0.3 is 5.97 Å². The Morgan fingerprint density at radius 1 is 1.36 bits per heavy atom. The summed E-state index contributed by atoms with van der Waals surface area (Å²) in [5.41, 5.74) is 2.69. The van der Waals surface area contributed by atoms with Crippen LogP contribution in [0, 0.1) is 5.92 Å². The number of nitrogens with one attached hydrogen (secondary N) is 1. The summed E-state index contributed by atoms with van der Waals surface area (Å²) in [5.74, 6) is -0.762. The Morgan fingerprint density at radius 3 is 2.36 bits per heavy atom. The lowest BCUT2D eigenvalue weighted by molar-refractivity contribution is -0.141. The van der Waals surface area contributed by atoms with Crippen molar-refractivity contribution in [3.05, 3.63) is 11.1 Å². The van der Waals surface area contributed by atoms with E-state index in [1.54, 1.807) is 0 Å². The van der Waals surface area contributed by atoms with Crippen molar-refractivity contribution in [3.8, 4) is 0 Å². The van der Waals surface area contributed by atoms with E-state index in [4.69, 9.17) is 5.11 Å². The minimum absolute atomic E-state index is 0.123. The maximum absolute atomic E-state index is 10.6. The fourth-order valence-electron chi connectivity index (χ4n) is 1.89. The maximum Gasteiger partial charge on any atom is 0.307 e. The second-order valence-electron chi connectivity index (χ2n) is 3.25. The van der Waals surface area contributed by atoms with Crippen LogP contribution in [0.1, 0.15) is 12.8 Å².